The second-order valence-electron chi connectivity index (χ2n) is 4.77. The maximum Gasteiger partial charge on any atom is 0.179 e. The number of hydrogen-bond acceptors (Lipinski definition) is 5. The Morgan fingerprint density at radius 3 is 2.95 bits per heavy atom. The van der Waals surface area contributed by atoms with Crippen molar-refractivity contribution >= 4 is 9.84 Å². The van der Waals surface area contributed by atoms with Crippen molar-refractivity contribution < 1.29 is 13.2 Å². The molecule has 0 atom stereocenters. The van der Waals surface area contributed by atoms with Crippen molar-refractivity contribution in [3.8, 4) is 6.07 Å². The van der Waals surface area contributed by atoms with Gasteiger partial charge in [0.25, 0.3) is 0 Å². The minimum absolute atomic E-state index is 0.0713. The molecule has 108 valence electrons. The molecule has 1 fully saturated rings. The van der Waals surface area contributed by atoms with E-state index in [0.29, 0.717) is 18.7 Å². The summed E-state index contributed by atoms with van der Waals surface area (Å²) in [5, 5.41) is 8.83. The van der Waals surface area contributed by atoms with Crippen molar-refractivity contribution in [2.75, 3.05) is 38.6 Å². The van der Waals surface area contributed by atoms with E-state index in [-0.39, 0.29) is 10.6 Å². The van der Waals surface area contributed by atoms with Crippen molar-refractivity contribution in [1.29, 1.82) is 5.26 Å². The van der Waals surface area contributed by atoms with E-state index in [0.717, 1.165) is 26.1 Å². The van der Waals surface area contributed by atoms with Crippen molar-refractivity contribution in [2.45, 2.75) is 11.3 Å². The number of benzene rings is 1. The lowest BCUT2D eigenvalue weighted by Crippen LogP contribution is -2.31. The summed E-state index contributed by atoms with van der Waals surface area (Å²) in [5.74, 6) is 0.0713. The molecule has 0 amide bonds. The number of nitrogens with zero attached hydrogens (tertiary/aromatic N) is 2. The number of sulfone groups is 1. The standard InChI is InChI=1S/C14H18N2O3S/c15-12-13-3-1-4-14(11-13)20(17,18)10-7-16-5-2-8-19-9-6-16/h1,3-4,11H,2,5-10H2. The zero-order chi connectivity index (χ0) is 14.4. The lowest BCUT2D eigenvalue weighted by Gasteiger charge is -2.18. The van der Waals surface area contributed by atoms with E-state index in [2.05, 4.69) is 4.90 Å². The van der Waals surface area contributed by atoms with Gasteiger partial charge in [-0.3, -0.25) is 4.90 Å². The van der Waals surface area contributed by atoms with Crippen LogP contribution in [0, 0.1) is 11.3 Å². The van der Waals surface area contributed by atoms with Gasteiger partial charge in [-0.25, -0.2) is 8.42 Å². The Bertz CT molecular complexity index is 585. The highest BCUT2D eigenvalue weighted by molar-refractivity contribution is 7.91. The summed E-state index contributed by atoms with van der Waals surface area (Å²) in [4.78, 5) is 2.33. The predicted octanol–water partition coefficient (Wildman–Crippen LogP) is 1.05. The molecule has 0 aliphatic carbocycles. The van der Waals surface area contributed by atoms with Crippen LogP contribution in [-0.2, 0) is 14.6 Å². The quantitative estimate of drug-likeness (QED) is 0.830. The second-order valence-corrected chi connectivity index (χ2v) is 6.88. The van der Waals surface area contributed by atoms with Gasteiger partial charge >= 0.3 is 0 Å². The Balaban J connectivity index is 2.01. The molecule has 2 rings (SSSR count). The van der Waals surface area contributed by atoms with Gasteiger partial charge in [0.1, 0.15) is 0 Å². The van der Waals surface area contributed by atoms with Crippen LogP contribution in [0.2, 0.25) is 0 Å². The van der Waals surface area contributed by atoms with Crippen LogP contribution in [0.15, 0.2) is 29.2 Å². The molecular weight excluding hydrogens is 276 g/mol. The van der Waals surface area contributed by atoms with Gasteiger partial charge in [0, 0.05) is 26.2 Å². The zero-order valence-electron chi connectivity index (χ0n) is 11.3. The lowest BCUT2D eigenvalue weighted by molar-refractivity contribution is 0.142. The molecule has 5 nitrogen and oxygen atoms in total. The van der Waals surface area contributed by atoms with Crippen molar-refractivity contribution in [1.82, 2.24) is 4.90 Å². The Hall–Kier alpha value is -1.42. The van der Waals surface area contributed by atoms with Gasteiger partial charge in [0.05, 0.1) is 28.9 Å². The molecule has 1 aromatic rings. The maximum absolute atomic E-state index is 12.3. The summed E-state index contributed by atoms with van der Waals surface area (Å²) in [6, 6.07) is 8.14. The maximum atomic E-state index is 12.3. The minimum Gasteiger partial charge on any atom is -0.380 e. The number of rotatable bonds is 4. The third kappa shape index (κ3) is 4.04. The smallest absolute Gasteiger partial charge is 0.179 e. The normalized spacial score (nSPS) is 17.4. The molecule has 1 aliphatic heterocycles. The Kier molecular flexibility index (Phi) is 5.12. The van der Waals surface area contributed by atoms with E-state index in [4.69, 9.17) is 10.00 Å². The molecule has 1 aliphatic rings. The number of nitriles is 1. The van der Waals surface area contributed by atoms with Crippen LogP contribution in [0.5, 0.6) is 0 Å². The van der Waals surface area contributed by atoms with E-state index < -0.39 is 9.84 Å². The van der Waals surface area contributed by atoms with Gasteiger partial charge in [-0.05, 0) is 24.6 Å². The third-order valence-corrected chi connectivity index (χ3v) is 5.01. The minimum atomic E-state index is -3.34. The fraction of sp³-hybridized carbons (Fsp3) is 0.500. The largest absolute Gasteiger partial charge is 0.380 e. The average molecular weight is 294 g/mol. The van der Waals surface area contributed by atoms with E-state index in [9.17, 15) is 8.42 Å². The fourth-order valence-corrected chi connectivity index (χ4v) is 3.47. The molecular formula is C14H18N2O3S. The fourth-order valence-electron chi connectivity index (χ4n) is 2.15. The zero-order valence-corrected chi connectivity index (χ0v) is 12.1. The van der Waals surface area contributed by atoms with Crippen LogP contribution < -0.4 is 0 Å². The van der Waals surface area contributed by atoms with Crippen molar-refractivity contribution in [3.63, 3.8) is 0 Å². The molecule has 0 unspecified atom stereocenters. The molecule has 6 heteroatoms. The summed E-state index contributed by atoms with van der Waals surface area (Å²) >= 11 is 0. The highest BCUT2D eigenvalue weighted by Gasteiger charge is 2.17. The van der Waals surface area contributed by atoms with Crippen LogP contribution in [0.1, 0.15) is 12.0 Å². The first-order valence-electron chi connectivity index (χ1n) is 6.65. The predicted molar refractivity (Wildman–Crippen MR) is 75.1 cm³/mol. The van der Waals surface area contributed by atoms with Gasteiger partial charge in [-0.2, -0.15) is 5.26 Å². The SMILES string of the molecule is N#Cc1cccc(S(=O)(=O)CCN2CCCOCC2)c1. The summed E-state index contributed by atoms with van der Waals surface area (Å²) in [6.45, 7) is 3.54. The van der Waals surface area contributed by atoms with Gasteiger partial charge in [-0.1, -0.05) is 6.07 Å². The highest BCUT2D eigenvalue weighted by Crippen LogP contribution is 2.13. The highest BCUT2D eigenvalue weighted by atomic mass is 32.2. The molecule has 20 heavy (non-hydrogen) atoms. The van der Waals surface area contributed by atoms with Crippen molar-refractivity contribution in [2.24, 2.45) is 0 Å². The van der Waals surface area contributed by atoms with E-state index in [1.54, 1.807) is 18.2 Å². The molecule has 0 radical (unpaired) electrons. The van der Waals surface area contributed by atoms with Crippen LogP contribution in [0.3, 0.4) is 0 Å². The molecule has 1 aromatic carbocycles. The molecule has 0 bridgehead atoms. The molecule has 1 heterocycles. The topological polar surface area (TPSA) is 70.4 Å². The summed E-state index contributed by atoms with van der Waals surface area (Å²) in [6.07, 6.45) is 0.934. The van der Waals surface area contributed by atoms with Crippen LogP contribution >= 0.6 is 0 Å². The van der Waals surface area contributed by atoms with Gasteiger partial charge in [-0.15, -0.1) is 0 Å². The Morgan fingerprint density at radius 1 is 1.30 bits per heavy atom. The monoisotopic (exact) mass is 294 g/mol. The van der Waals surface area contributed by atoms with Crippen LogP contribution in [-0.4, -0.2) is 51.9 Å². The van der Waals surface area contributed by atoms with Gasteiger partial charge in [0.2, 0.25) is 0 Å². The van der Waals surface area contributed by atoms with Gasteiger partial charge < -0.3 is 4.74 Å². The second kappa shape index (κ2) is 6.84. The summed E-state index contributed by atoms with van der Waals surface area (Å²) in [5.41, 5.74) is 0.370. The number of ether oxygens (including phenoxy) is 1. The molecule has 0 saturated carbocycles. The first-order valence-corrected chi connectivity index (χ1v) is 8.30. The van der Waals surface area contributed by atoms with Gasteiger partial charge in [0.15, 0.2) is 9.84 Å². The van der Waals surface area contributed by atoms with E-state index in [1.165, 1.54) is 6.07 Å². The van der Waals surface area contributed by atoms with E-state index in [1.807, 2.05) is 6.07 Å². The first kappa shape index (κ1) is 15.0. The number of hydrogen-bond donors (Lipinski definition) is 0. The van der Waals surface area contributed by atoms with Crippen LogP contribution in [0.4, 0.5) is 0 Å². The molecule has 0 spiro atoms. The summed E-state index contributed by atoms with van der Waals surface area (Å²) in [7, 11) is -3.34. The molecule has 0 aromatic heterocycles. The summed E-state index contributed by atoms with van der Waals surface area (Å²) < 4.78 is 29.9. The third-order valence-electron chi connectivity index (χ3n) is 3.31. The average Bonchev–Trinajstić information content (AvgIpc) is 2.74. The van der Waals surface area contributed by atoms with Crippen LogP contribution in [0.25, 0.3) is 0 Å². The first-order chi connectivity index (χ1) is 9.62. The van der Waals surface area contributed by atoms with Crippen molar-refractivity contribution in [3.05, 3.63) is 29.8 Å². The Labute approximate surface area is 119 Å². The molecule has 0 N–H and O–H groups in total. The Morgan fingerprint density at radius 2 is 2.15 bits per heavy atom. The molecule has 1 saturated heterocycles. The van der Waals surface area contributed by atoms with E-state index >= 15 is 0 Å². The lowest BCUT2D eigenvalue weighted by atomic mass is 10.2.